The fraction of sp³-hybridized carbons (Fsp3) is 0.333. The fourth-order valence-electron chi connectivity index (χ4n) is 1.65. The summed E-state index contributed by atoms with van der Waals surface area (Å²) < 4.78 is 0. The van der Waals surface area contributed by atoms with E-state index in [4.69, 9.17) is 5.73 Å². The minimum atomic E-state index is 0.525. The normalized spacial score (nSPS) is 11.0. The summed E-state index contributed by atoms with van der Waals surface area (Å²) >= 11 is 1.62. The zero-order valence-corrected chi connectivity index (χ0v) is 10.7. The lowest BCUT2D eigenvalue weighted by atomic mass is 10.2. The Kier molecular flexibility index (Phi) is 4.19. The summed E-state index contributed by atoms with van der Waals surface area (Å²) in [6.45, 7) is 2.24. The summed E-state index contributed by atoms with van der Waals surface area (Å²) in [6, 6.07) is 4.04. The molecule has 0 atom stereocenters. The number of rotatable bonds is 5. The molecular weight excluding hydrogens is 232 g/mol. The molecule has 4 nitrogen and oxygen atoms in total. The number of hydrogen-bond acceptors (Lipinski definition) is 5. The van der Waals surface area contributed by atoms with Crippen molar-refractivity contribution in [2.24, 2.45) is 5.73 Å². The summed E-state index contributed by atoms with van der Waals surface area (Å²) in [6.07, 6.45) is 3.68. The number of hydrogen-bond donors (Lipinski definition) is 1. The third kappa shape index (κ3) is 3.59. The lowest BCUT2D eigenvalue weighted by molar-refractivity contribution is 0.315. The Bertz CT molecular complexity index is 455. The molecule has 2 aromatic heterocycles. The molecule has 2 aromatic rings. The maximum Gasteiger partial charge on any atom is 0.106 e. The number of thiazole rings is 1. The largest absolute Gasteiger partial charge is 0.325 e. The number of nitrogens with zero attached hydrogens (tertiary/aromatic N) is 3. The van der Waals surface area contributed by atoms with Crippen molar-refractivity contribution < 1.29 is 0 Å². The predicted octanol–water partition coefficient (Wildman–Crippen LogP) is 1.63. The van der Waals surface area contributed by atoms with Crippen LogP contribution in [0.15, 0.2) is 29.9 Å². The van der Waals surface area contributed by atoms with Gasteiger partial charge in [-0.25, -0.2) is 4.98 Å². The number of pyridine rings is 1. The molecule has 2 rings (SSSR count). The maximum atomic E-state index is 5.54. The molecular formula is C12H16N4S. The van der Waals surface area contributed by atoms with Gasteiger partial charge in [0.05, 0.1) is 5.69 Å². The van der Waals surface area contributed by atoms with Gasteiger partial charge in [-0.2, -0.15) is 0 Å². The van der Waals surface area contributed by atoms with Gasteiger partial charge >= 0.3 is 0 Å². The van der Waals surface area contributed by atoms with E-state index in [-0.39, 0.29) is 0 Å². The van der Waals surface area contributed by atoms with Crippen LogP contribution in [0.1, 0.15) is 16.3 Å². The summed E-state index contributed by atoms with van der Waals surface area (Å²) in [5.74, 6) is 0. The van der Waals surface area contributed by atoms with Crippen LogP contribution < -0.4 is 5.73 Å². The molecule has 0 fully saturated rings. The van der Waals surface area contributed by atoms with Crippen LogP contribution in [0, 0.1) is 0 Å². The molecule has 0 radical (unpaired) electrons. The van der Waals surface area contributed by atoms with Crippen LogP contribution in [0.2, 0.25) is 0 Å². The smallest absolute Gasteiger partial charge is 0.106 e. The third-order valence-electron chi connectivity index (χ3n) is 2.38. The second-order valence-corrected chi connectivity index (χ2v) is 4.91. The first-order chi connectivity index (χ1) is 8.28. The van der Waals surface area contributed by atoms with E-state index in [1.165, 1.54) is 5.56 Å². The van der Waals surface area contributed by atoms with Crippen molar-refractivity contribution in [1.82, 2.24) is 14.9 Å². The Hall–Kier alpha value is -1.30. The second-order valence-electron chi connectivity index (χ2n) is 3.97. The summed E-state index contributed by atoms with van der Waals surface area (Å²) in [5.41, 5.74) is 7.84. The van der Waals surface area contributed by atoms with Gasteiger partial charge in [-0.05, 0) is 18.7 Å². The average molecular weight is 248 g/mol. The van der Waals surface area contributed by atoms with Crippen molar-refractivity contribution in [3.63, 3.8) is 0 Å². The molecule has 0 bridgehead atoms. The molecule has 2 N–H and O–H groups in total. The standard InChI is InChI=1S/C12H16N4S/c1-16(7-10-3-2-4-14-6-10)8-11-9-17-12(5-13)15-11/h2-4,6,9H,5,7-8,13H2,1H3. The molecule has 0 aliphatic rings. The minimum absolute atomic E-state index is 0.525. The van der Waals surface area contributed by atoms with Crippen molar-refractivity contribution in [2.45, 2.75) is 19.6 Å². The highest BCUT2D eigenvalue weighted by Gasteiger charge is 2.05. The molecule has 0 saturated carbocycles. The molecule has 0 aromatic carbocycles. The Labute approximate surface area is 105 Å². The zero-order valence-electron chi connectivity index (χ0n) is 9.84. The SMILES string of the molecule is CN(Cc1cccnc1)Cc1csc(CN)n1. The molecule has 0 saturated heterocycles. The van der Waals surface area contributed by atoms with Crippen molar-refractivity contribution in [2.75, 3.05) is 7.05 Å². The molecule has 0 spiro atoms. The van der Waals surface area contributed by atoms with Crippen molar-refractivity contribution in [1.29, 1.82) is 0 Å². The Morgan fingerprint density at radius 3 is 2.94 bits per heavy atom. The van der Waals surface area contributed by atoms with Gasteiger partial charge < -0.3 is 5.73 Å². The molecule has 0 aliphatic carbocycles. The van der Waals surface area contributed by atoms with Crippen LogP contribution in [0.5, 0.6) is 0 Å². The van der Waals surface area contributed by atoms with E-state index >= 15 is 0 Å². The topological polar surface area (TPSA) is 55.0 Å². The zero-order chi connectivity index (χ0) is 12.1. The highest BCUT2D eigenvalue weighted by molar-refractivity contribution is 7.09. The molecule has 0 aliphatic heterocycles. The van der Waals surface area contributed by atoms with E-state index in [9.17, 15) is 0 Å². The minimum Gasteiger partial charge on any atom is -0.325 e. The van der Waals surface area contributed by atoms with Gasteiger partial charge in [0.1, 0.15) is 5.01 Å². The van der Waals surface area contributed by atoms with Gasteiger partial charge in [0, 0.05) is 37.4 Å². The van der Waals surface area contributed by atoms with Gasteiger partial charge in [-0.15, -0.1) is 11.3 Å². The molecule has 0 unspecified atom stereocenters. The first kappa shape index (κ1) is 12.2. The van der Waals surface area contributed by atoms with Crippen LogP contribution in [0.3, 0.4) is 0 Å². The molecule has 17 heavy (non-hydrogen) atoms. The van der Waals surface area contributed by atoms with Gasteiger partial charge in [0.25, 0.3) is 0 Å². The number of nitrogens with two attached hydrogens (primary N) is 1. The summed E-state index contributed by atoms with van der Waals surface area (Å²) in [5, 5.41) is 3.07. The molecule has 0 amide bonds. The lowest BCUT2D eigenvalue weighted by Gasteiger charge is -2.14. The Morgan fingerprint density at radius 2 is 2.29 bits per heavy atom. The van der Waals surface area contributed by atoms with Gasteiger partial charge in [-0.1, -0.05) is 6.07 Å². The van der Waals surface area contributed by atoms with Crippen LogP contribution in [-0.2, 0) is 19.6 Å². The van der Waals surface area contributed by atoms with E-state index in [0.29, 0.717) is 6.54 Å². The maximum absolute atomic E-state index is 5.54. The number of aromatic nitrogens is 2. The highest BCUT2D eigenvalue weighted by atomic mass is 32.1. The molecule has 5 heteroatoms. The average Bonchev–Trinajstić information content (AvgIpc) is 2.78. The first-order valence-electron chi connectivity index (χ1n) is 5.48. The summed E-state index contributed by atoms with van der Waals surface area (Å²) in [4.78, 5) is 10.8. The van der Waals surface area contributed by atoms with Crippen LogP contribution in [-0.4, -0.2) is 21.9 Å². The Morgan fingerprint density at radius 1 is 1.41 bits per heavy atom. The van der Waals surface area contributed by atoms with Gasteiger partial charge in [-0.3, -0.25) is 9.88 Å². The van der Waals surface area contributed by atoms with E-state index in [1.54, 1.807) is 17.5 Å². The van der Waals surface area contributed by atoms with E-state index in [2.05, 4.69) is 33.4 Å². The van der Waals surface area contributed by atoms with Crippen molar-refractivity contribution in [3.8, 4) is 0 Å². The van der Waals surface area contributed by atoms with E-state index < -0.39 is 0 Å². The summed E-state index contributed by atoms with van der Waals surface area (Å²) in [7, 11) is 2.08. The Balaban J connectivity index is 1.91. The second kappa shape index (κ2) is 5.86. The monoisotopic (exact) mass is 248 g/mol. The van der Waals surface area contributed by atoms with Crippen LogP contribution >= 0.6 is 11.3 Å². The highest BCUT2D eigenvalue weighted by Crippen LogP contribution is 2.11. The predicted molar refractivity (Wildman–Crippen MR) is 69.4 cm³/mol. The lowest BCUT2D eigenvalue weighted by Crippen LogP contribution is -2.17. The quantitative estimate of drug-likeness (QED) is 0.873. The van der Waals surface area contributed by atoms with Gasteiger partial charge in [0.2, 0.25) is 0 Å². The molecule has 90 valence electrons. The van der Waals surface area contributed by atoms with Gasteiger partial charge in [0.15, 0.2) is 0 Å². The van der Waals surface area contributed by atoms with Crippen LogP contribution in [0.4, 0.5) is 0 Å². The fourth-order valence-corrected chi connectivity index (χ4v) is 2.32. The van der Waals surface area contributed by atoms with E-state index in [0.717, 1.165) is 23.8 Å². The van der Waals surface area contributed by atoms with Crippen molar-refractivity contribution in [3.05, 3.63) is 46.2 Å². The molecule has 2 heterocycles. The third-order valence-corrected chi connectivity index (χ3v) is 3.30. The van der Waals surface area contributed by atoms with Crippen LogP contribution in [0.25, 0.3) is 0 Å². The first-order valence-corrected chi connectivity index (χ1v) is 6.36. The van der Waals surface area contributed by atoms with Crippen molar-refractivity contribution >= 4 is 11.3 Å². The van der Waals surface area contributed by atoms with E-state index in [1.807, 2.05) is 12.3 Å².